The van der Waals surface area contributed by atoms with Crippen LogP contribution >= 0.6 is 0 Å². The first-order chi connectivity index (χ1) is 10.3. The van der Waals surface area contributed by atoms with Crippen LogP contribution < -0.4 is 4.74 Å². The van der Waals surface area contributed by atoms with Gasteiger partial charge in [-0.25, -0.2) is 0 Å². The first kappa shape index (κ1) is 13.2. The van der Waals surface area contributed by atoms with Crippen LogP contribution in [0.4, 0.5) is 0 Å². The van der Waals surface area contributed by atoms with Crippen molar-refractivity contribution in [2.45, 2.75) is 6.61 Å². The summed E-state index contributed by atoms with van der Waals surface area (Å²) in [4.78, 5) is 10.7. The highest BCUT2D eigenvalue weighted by Gasteiger charge is 2.10. The molecule has 21 heavy (non-hydrogen) atoms. The van der Waals surface area contributed by atoms with Crippen molar-refractivity contribution in [3.8, 4) is 17.1 Å². The van der Waals surface area contributed by atoms with Gasteiger partial charge in [-0.05, 0) is 24.3 Å². The molecule has 0 spiro atoms. The summed E-state index contributed by atoms with van der Waals surface area (Å²) in [6, 6.07) is 11.0. The van der Waals surface area contributed by atoms with E-state index in [0.29, 0.717) is 30.2 Å². The molecule has 5 nitrogen and oxygen atoms in total. The van der Waals surface area contributed by atoms with Crippen molar-refractivity contribution in [1.29, 1.82) is 0 Å². The fraction of sp³-hybridized carbons (Fsp3) is 0.125. The molecule has 0 fully saturated rings. The largest absolute Gasteiger partial charge is 0.488 e. The number of aromatic nitrogens is 2. The Morgan fingerprint density at radius 3 is 2.86 bits per heavy atom. The molecule has 3 rings (SSSR count). The van der Waals surface area contributed by atoms with Gasteiger partial charge in [-0.3, -0.25) is 9.48 Å². The van der Waals surface area contributed by atoms with Gasteiger partial charge in [0.2, 0.25) is 0 Å². The number of carbonyl (C=O) groups excluding carboxylic acids is 1. The normalized spacial score (nSPS) is 10.5. The lowest BCUT2D eigenvalue weighted by molar-refractivity contribution is 0.110. The van der Waals surface area contributed by atoms with Gasteiger partial charge in [-0.15, -0.1) is 0 Å². The molecule has 0 unspecified atom stereocenters. The van der Waals surface area contributed by atoms with E-state index in [0.717, 1.165) is 11.1 Å². The van der Waals surface area contributed by atoms with Crippen LogP contribution in [0, 0.1) is 0 Å². The molecular formula is C16H14N2O3. The van der Waals surface area contributed by atoms with E-state index in [1.807, 2.05) is 37.5 Å². The van der Waals surface area contributed by atoms with Crippen LogP contribution in [-0.4, -0.2) is 16.1 Å². The Labute approximate surface area is 121 Å². The average Bonchev–Trinajstić information content (AvgIpc) is 3.14. The summed E-state index contributed by atoms with van der Waals surface area (Å²) in [7, 11) is 1.86. The highest BCUT2D eigenvalue weighted by molar-refractivity contribution is 5.74. The van der Waals surface area contributed by atoms with Crippen LogP contribution in [0.3, 0.4) is 0 Å². The summed E-state index contributed by atoms with van der Waals surface area (Å²) in [5, 5.41) is 4.10. The standard InChI is InChI=1S/C16H14N2O3/c1-18-9-12(8-17-18)11-20-15-5-3-2-4-14(15)16-7-6-13(10-19)21-16/h2-10H,11H2,1H3. The summed E-state index contributed by atoms with van der Waals surface area (Å²) >= 11 is 0. The highest BCUT2D eigenvalue weighted by atomic mass is 16.5. The summed E-state index contributed by atoms with van der Waals surface area (Å²) < 4.78 is 13.0. The molecule has 2 aromatic heterocycles. The molecule has 3 aromatic rings. The molecule has 0 amide bonds. The van der Waals surface area contributed by atoms with E-state index < -0.39 is 0 Å². The van der Waals surface area contributed by atoms with Crippen molar-refractivity contribution >= 4 is 6.29 Å². The number of aldehydes is 1. The number of nitrogens with zero attached hydrogens (tertiary/aromatic N) is 2. The second-order valence-corrected chi connectivity index (χ2v) is 4.63. The van der Waals surface area contributed by atoms with Crippen molar-refractivity contribution in [1.82, 2.24) is 9.78 Å². The Balaban J connectivity index is 1.83. The molecule has 0 aliphatic rings. The number of carbonyl (C=O) groups is 1. The van der Waals surface area contributed by atoms with E-state index >= 15 is 0 Å². The highest BCUT2D eigenvalue weighted by Crippen LogP contribution is 2.31. The van der Waals surface area contributed by atoms with E-state index in [2.05, 4.69) is 5.10 Å². The van der Waals surface area contributed by atoms with E-state index in [-0.39, 0.29) is 0 Å². The van der Waals surface area contributed by atoms with Crippen molar-refractivity contribution in [2.24, 2.45) is 7.05 Å². The number of furan rings is 1. The number of ether oxygens (including phenoxy) is 1. The molecule has 0 N–H and O–H groups in total. The van der Waals surface area contributed by atoms with Crippen LogP contribution in [-0.2, 0) is 13.7 Å². The molecule has 0 aliphatic carbocycles. The van der Waals surface area contributed by atoms with Crippen LogP contribution in [0.25, 0.3) is 11.3 Å². The molecule has 0 aliphatic heterocycles. The zero-order valence-corrected chi connectivity index (χ0v) is 11.5. The third-order valence-electron chi connectivity index (χ3n) is 3.05. The van der Waals surface area contributed by atoms with Crippen LogP contribution in [0.5, 0.6) is 5.75 Å². The Kier molecular flexibility index (Phi) is 3.55. The quantitative estimate of drug-likeness (QED) is 0.675. The lowest BCUT2D eigenvalue weighted by atomic mass is 10.1. The average molecular weight is 282 g/mol. The minimum absolute atomic E-state index is 0.298. The van der Waals surface area contributed by atoms with Gasteiger partial charge in [0.15, 0.2) is 12.0 Å². The fourth-order valence-electron chi connectivity index (χ4n) is 2.06. The minimum Gasteiger partial charge on any atom is -0.488 e. The zero-order valence-electron chi connectivity index (χ0n) is 11.5. The third-order valence-corrected chi connectivity index (χ3v) is 3.05. The molecule has 2 heterocycles. The molecule has 5 heteroatoms. The van der Waals surface area contributed by atoms with Gasteiger partial charge >= 0.3 is 0 Å². The number of para-hydroxylation sites is 1. The molecule has 0 saturated heterocycles. The Hall–Kier alpha value is -2.82. The van der Waals surface area contributed by atoms with Crippen LogP contribution in [0.15, 0.2) is 53.2 Å². The topological polar surface area (TPSA) is 57.3 Å². The third kappa shape index (κ3) is 2.86. The van der Waals surface area contributed by atoms with Gasteiger partial charge in [0, 0.05) is 18.8 Å². The SMILES string of the molecule is Cn1cc(COc2ccccc2-c2ccc(C=O)o2)cn1. The molecular weight excluding hydrogens is 268 g/mol. The van der Waals surface area contributed by atoms with Crippen molar-refractivity contribution in [2.75, 3.05) is 0 Å². The summed E-state index contributed by atoms with van der Waals surface area (Å²) in [6.07, 6.45) is 4.35. The first-order valence-electron chi connectivity index (χ1n) is 6.51. The predicted molar refractivity (Wildman–Crippen MR) is 77.1 cm³/mol. The van der Waals surface area contributed by atoms with Crippen molar-refractivity contribution < 1.29 is 13.9 Å². The van der Waals surface area contributed by atoms with Gasteiger partial charge in [-0.2, -0.15) is 5.10 Å². The van der Waals surface area contributed by atoms with Crippen LogP contribution in [0.1, 0.15) is 16.1 Å². The molecule has 0 saturated carbocycles. The molecule has 0 atom stereocenters. The van der Waals surface area contributed by atoms with Crippen molar-refractivity contribution in [3.05, 3.63) is 60.1 Å². The zero-order chi connectivity index (χ0) is 14.7. The Morgan fingerprint density at radius 1 is 1.29 bits per heavy atom. The van der Waals surface area contributed by atoms with Gasteiger partial charge in [-0.1, -0.05) is 12.1 Å². The number of hydrogen-bond donors (Lipinski definition) is 0. The minimum atomic E-state index is 0.298. The Bertz CT molecular complexity index is 758. The maximum atomic E-state index is 10.7. The van der Waals surface area contributed by atoms with Gasteiger partial charge in [0.25, 0.3) is 0 Å². The Morgan fingerprint density at radius 2 is 2.14 bits per heavy atom. The van der Waals surface area contributed by atoms with Crippen molar-refractivity contribution in [3.63, 3.8) is 0 Å². The molecule has 1 aromatic carbocycles. The maximum absolute atomic E-state index is 10.7. The maximum Gasteiger partial charge on any atom is 0.185 e. The molecule has 0 radical (unpaired) electrons. The smallest absolute Gasteiger partial charge is 0.185 e. The summed E-state index contributed by atoms with van der Waals surface area (Å²) in [5.41, 5.74) is 1.80. The molecule has 106 valence electrons. The number of hydrogen-bond acceptors (Lipinski definition) is 4. The number of benzene rings is 1. The van der Waals surface area contributed by atoms with E-state index in [9.17, 15) is 4.79 Å². The number of rotatable bonds is 5. The molecule has 0 bridgehead atoms. The van der Waals surface area contributed by atoms with Crippen LogP contribution in [0.2, 0.25) is 0 Å². The lowest BCUT2D eigenvalue weighted by Crippen LogP contribution is -1.95. The second-order valence-electron chi connectivity index (χ2n) is 4.63. The van der Waals surface area contributed by atoms with Gasteiger partial charge < -0.3 is 9.15 Å². The lowest BCUT2D eigenvalue weighted by Gasteiger charge is -2.08. The summed E-state index contributed by atoms with van der Waals surface area (Å²) in [6.45, 7) is 0.423. The van der Waals surface area contributed by atoms with E-state index in [4.69, 9.17) is 9.15 Å². The van der Waals surface area contributed by atoms with Gasteiger partial charge in [0.05, 0.1) is 11.8 Å². The predicted octanol–water partition coefficient (Wildman–Crippen LogP) is 3.07. The summed E-state index contributed by atoms with van der Waals surface area (Å²) in [5.74, 6) is 1.61. The fourth-order valence-corrected chi connectivity index (χ4v) is 2.06. The van der Waals surface area contributed by atoms with E-state index in [1.54, 1.807) is 23.0 Å². The first-order valence-corrected chi connectivity index (χ1v) is 6.51. The van der Waals surface area contributed by atoms with E-state index in [1.165, 1.54) is 0 Å². The second kappa shape index (κ2) is 5.66. The van der Waals surface area contributed by atoms with Gasteiger partial charge in [0.1, 0.15) is 18.1 Å². The number of aryl methyl sites for hydroxylation is 1. The monoisotopic (exact) mass is 282 g/mol.